The van der Waals surface area contributed by atoms with Crippen LogP contribution in [-0.4, -0.2) is 30.6 Å². The van der Waals surface area contributed by atoms with Crippen molar-refractivity contribution in [3.63, 3.8) is 0 Å². The number of thioether (sulfide) groups is 1. The van der Waals surface area contributed by atoms with Crippen molar-refractivity contribution >= 4 is 23.3 Å². The lowest BCUT2D eigenvalue weighted by Crippen LogP contribution is -2.21. The Morgan fingerprint density at radius 2 is 2.35 bits per heavy atom. The lowest BCUT2D eigenvalue weighted by molar-refractivity contribution is -0.119. The Morgan fingerprint density at radius 3 is 3.18 bits per heavy atom. The van der Waals surface area contributed by atoms with Gasteiger partial charge in [-0.15, -0.1) is 5.10 Å². The van der Waals surface area contributed by atoms with E-state index in [0.29, 0.717) is 23.1 Å². The summed E-state index contributed by atoms with van der Waals surface area (Å²) in [5.41, 5.74) is 0. The van der Waals surface area contributed by atoms with E-state index < -0.39 is 0 Å². The molecule has 2 aromatic heterocycles. The number of ketones is 1. The van der Waals surface area contributed by atoms with Gasteiger partial charge in [-0.1, -0.05) is 18.2 Å². The van der Waals surface area contributed by atoms with E-state index in [0.717, 1.165) is 19.3 Å². The first kappa shape index (κ1) is 10.7. The second kappa shape index (κ2) is 4.44. The summed E-state index contributed by atoms with van der Waals surface area (Å²) in [5.74, 6) is 0.909. The highest BCUT2D eigenvalue weighted by Crippen LogP contribution is 2.29. The summed E-state index contributed by atoms with van der Waals surface area (Å²) in [4.78, 5) is 20.1. The Bertz CT molecular complexity index is 520. The summed E-state index contributed by atoms with van der Waals surface area (Å²) in [6, 6.07) is 1.81. The molecular formula is C11H12N4OS. The summed E-state index contributed by atoms with van der Waals surface area (Å²) in [5, 5.41) is 4.97. The molecule has 0 aliphatic heterocycles. The summed E-state index contributed by atoms with van der Waals surface area (Å²) in [6.45, 7) is 0. The predicted molar refractivity (Wildman–Crippen MR) is 63.9 cm³/mol. The van der Waals surface area contributed by atoms with Crippen LogP contribution in [0, 0.1) is 0 Å². The number of carbonyl (C=O) groups is 1. The molecule has 0 aromatic carbocycles. The average Bonchev–Trinajstić information content (AvgIpc) is 2.74. The van der Waals surface area contributed by atoms with Gasteiger partial charge in [-0.25, -0.2) is 9.50 Å². The van der Waals surface area contributed by atoms with Crippen molar-refractivity contribution in [3.8, 4) is 0 Å². The lowest BCUT2D eigenvalue weighted by atomic mass is 9.99. The fourth-order valence-corrected chi connectivity index (χ4v) is 3.02. The number of carbonyl (C=O) groups excluding carboxylic acids is 1. The van der Waals surface area contributed by atoms with Gasteiger partial charge in [-0.05, 0) is 18.9 Å². The second-order valence-electron chi connectivity index (χ2n) is 4.08. The first-order valence-electron chi connectivity index (χ1n) is 5.70. The van der Waals surface area contributed by atoms with Crippen LogP contribution in [0.15, 0.2) is 23.6 Å². The highest BCUT2D eigenvalue weighted by Gasteiger charge is 2.24. The minimum Gasteiger partial charge on any atom is -0.298 e. The van der Waals surface area contributed by atoms with E-state index in [2.05, 4.69) is 15.1 Å². The van der Waals surface area contributed by atoms with Gasteiger partial charge in [0.1, 0.15) is 5.78 Å². The van der Waals surface area contributed by atoms with E-state index in [-0.39, 0.29) is 5.25 Å². The van der Waals surface area contributed by atoms with Crippen LogP contribution in [-0.2, 0) is 4.79 Å². The average molecular weight is 248 g/mol. The van der Waals surface area contributed by atoms with Gasteiger partial charge in [0.2, 0.25) is 5.16 Å². The molecule has 3 rings (SSSR count). The lowest BCUT2D eigenvalue weighted by Gasteiger charge is -2.17. The van der Waals surface area contributed by atoms with Crippen LogP contribution >= 0.6 is 11.8 Å². The first-order chi connectivity index (χ1) is 8.33. The zero-order valence-corrected chi connectivity index (χ0v) is 10.1. The van der Waals surface area contributed by atoms with E-state index in [9.17, 15) is 4.79 Å². The molecule has 1 unspecified atom stereocenters. The molecule has 2 aromatic rings. The van der Waals surface area contributed by atoms with Crippen LogP contribution in [0.5, 0.6) is 0 Å². The van der Waals surface area contributed by atoms with Crippen molar-refractivity contribution in [2.75, 3.05) is 0 Å². The molecule has 0 spiro atoms. The molecule has 0 N–H and O–H groups in total. The van der Waals surface area contributed by atoms with Gasteiger partial charge in [0.25, 0.3) is 5.78 Å². The standard InChI is InChI=1S/C11H12N4OS/c16-8-4-1-2-5-9(8)17-11-13-10-12-6-3-7-15(10)14-11/h3,6-7,9H,1-2,4-5H2. The van der Waals surface area contributed by atoms with Crippen molar-refractivity contribution in [1.29, 1.82) is 0 Å². The molecular weight excluding hydrogens is 236 g/mol. The highest BCUT2D eigenvalue weighted by molar-refractivity contribution is 8.00. The first-order valence-corrected chi connectivity index (χ1v) is 6.58. The number of hydrogen-bond donors (Lipinski definition) is 0. The fraction of sp³-hybridized carbons (Fsp3) is 0.455. The zero-order valence-electron chi connectivity index (χ0n) is 9.24. The summed E-state index contributed by atoms with van der Waals surface area (Å²) in [6.07, 6.45) is 7.27. The number of nitrogens with zero attached hydrogens (tertiary/aromatic N) is 4. The van der Waals surface area contributed by atoms with E-state index >= 15 is 0 Å². The molecule has 1 fully saturated rings. The number of hydrogen-bond acceptors (Lipinski definition) is 5. The SMILES string of the molecule is O=C1CCCCC1Sc1nc2ncccn2n1. The van der Waals surface area contributed by atoms with Crippen molar-refractivity contribution in [2.45, 2.75) is 36.1 Å². The van der Waals surface area contributed by atoms with Gasteiger partial charge in [0.05, 0.1) is 5.25 Å². The maximum Gasteiger partial charge on any atom is 0.253 e. The molecule has 0 saturated heterocycles. The molecule has 0 radical (unpaired) electrons. The zero-order chi connectivity index (χ0) is 11.7. The smallest absolute Gasteiger partial charge is 0.253 e. The topological polar surface area (TPSA) is 60.2 Å². The van der Waals surface area contributed by atoms with Crippen LogP contribution in [0.25, 0.3) is 5.78 Å². The van der Waals surface area contributed by atoms with E-state index in [1.807, 2.05) is 12.3 Å². The van der Waals surface area contributed by atoms with Gasteiger partial charge in [-0.3, -0.25) is 4.79 Å². The number of rotatable bonds is 2. The Morgan fingerprint density at radius 1 is 1.41 bits per heavy atom. The van der Waals surface area contributed by atoms with Crippen molar-refractivity contribution in [3.05, 3.63) is 18.5 Å². The Kier molecular flexibility index (Phi) is 2.80. The molecule has 88 valence electrons. The molecule has 6 heteroatoms. The summed E-state index contributed by atoms with van der Waals surface area (Å²) >= 11 is 1.47. The third-order valence-corrected chi connectivity index (χ3v) is 4.01. The minimum atomic E-state index is 0.0289. The van der Waals surface area contributed by atoms with Crippen LogP contribution in [0.4, 0.5) is 0 Å². The molecule has 2 heterocycles. The van der Waals surface area contributed by atoms with E-state index in [1.165, 1.54) is 11.8 Å². The number of Topliss-reactive ketones (excluding diaryl/α,β-unsaturated/α-hetero) is 1. The fourth-order valence-electron chi connectivity index (χ4n) is 1.97. The normalized spacial score (nSPS) is 20.9. The van der Waals surface area contributed by atoms with Crippen molar-refractivity contribution < 1.29 is 4.79 Å². The molecule has 0 bridgehead atoms. The Labute approximate surface area is 103 Å². The molecule has 1 atom stereocenters. The maximum atomic E-state index is 11.7. The van der Waals surface area contributed by atoms with E-state index in [4.69, 9.17) is 0 Å². The number of aromatic nitrogens is 4. The molecule has 1 saturated carbocycles. The highest BCUT2D eigenvalue weighted by atomic mass is 32.2. The third kappa shape index (κ3) is 2.17. The largest absolute Gasteiger partial charge is 0.298 e. The molecule has 1 aliphatic carbocycles. The van der Waals surface area contributed by atoms with Gasteiger partial charge < -0.3 is 0 Å². The molecule has 5 nitrogen and oxygen atoms in total. The minimum absolute atomic E-state index is 0.0289. The van der Waals surface area contributed by atoms with Crippen LogP contribution in [0.2, 0.25) is 0 Å². The summed E-state index contributed by atoms with van der Waals surface area (Å²) < 4.78 is 1.63. The van der Waals surface area contributed by atoms with Crippen molar-refractivity contribution in [1.82, 2.24) is 19.6 Å². The number of fused-ring (bicyclic) bond motifs is 1. The third-order valence-electron chi connectivity index (χ3n) is 2.84. The monoisotopic (exact) mass is 248 g/mol. The van der Waals surface area contributed by atoms with Crippen molar-refractivity contribution in [2.24, 2.45) is 0 Å². The predicted octanol–water partition coefficient (Wildman–Crippen LogP) is 1.73. The van der Waals surface area contributed by atoms with Gasteiger partial charge in [0.15, 0.2) is 0 Å². The molecule has 0 amide bonds. The van der Waals surface area contributed by atoms with Gasteiger partial charge >= 0.3 is 0 Å². The Balaban J connectivity index is 1.82. The second-order valence-corrected chi connectivity index (χ2v) is 5.25. The van der Waals surface area contributed by atoms with Crippen LogP contribution in [0.3, 0.4) is 0 Å². The molecule has 1 aliphatic rings. The van der Waals surface area contributed by atoms with E-state index in [1.54, 1.807) is 10.7 Å². The van der Waals surface area contributed by atoms with Gasteiger partial charge in [-0.2, -0.15) is 4.98 Å². The molecule has 17 heavy (non-hydrogen) atoms. The maximum absolute atomic E-state index is 11.7. The van der Waals surface area contributed by atoms with Gasteiger partial charge in [0, 0.05) is 18.8 Å². The Hall–Kier alpha value is -1.43. The van der Waals surface area contributed by atoms with Crippen LogP contribution < -0.4 is 0 Å². The van der Waals surface area contributed by atoms with Crippen LogP contribution in [0.1, 0.15) is 25.7 Å². The summed E-state index contributed by atoms with van der Waals surface area (Å²) in [7, 11) is 0. The quantitative estimate of drug-likeness (QED) is 0.810.